The standard InChI is InChI=1S/C8H8N2O2.2ClH/c11-8(12)6-1-5-2-9-4-7(5)10-3-6;;/h1,3,9H,2,4H2,(H,11,12);2*1H. The summed E-state index contributed by atoms with van der Waals surface area (Å²) in [7, 11) is 0. The van der Waals surface area contributed by atoms with E-state index in [1.54, 1.807) is 6.07 Å². The molecule has 0 amide bonds. The van der Waals surface area contributed by atoms with Crippen molar-refractivity contribution in [1.29, 1.82) is 0 Å². The molecule has 14 heavy (non-hydrogen) atoms. The summed E-state index contributed by atoms with van der Waals surface area (Å²) in [5.41, 5.74) is 2.22. The van der Waals surface area contributed by atoms with Gasteiger partial charge >= 0.3 is 5.97 Å². The number of aromatic carboxylic acids is 1. The van der Waals surface area contributed by atoms with Crippen LogP contribution in [0.5, 0.6) is 0 Å². The number of halogens is 2. The van der Waals surface area contributed by atoms with Crippen LogP contribution in [0.1, 0.15) is 21.6 Å². The van der Waals surface area contributed by atoms with E-state index in [1.807, 2.05) is 0 Å². The van der Waals surface area contributed by atoms with Gasteiger partial charge in [0.1, 0.15) is 0 Å². The summed E-state index contributed by atoms with van der Waals surface area (Å²) in [4.78, 5) is 14.6. The second kappa shape index (κ2) is 5.14. The van der Waals surface area contributed by atoms with Crippen molar-refractivity contribution in [2.24, 2.45) is 0 Å². The minimum atomic E-state index is -0.919. The van der Waals surface area contributed by atoms with Gasteiger partial charge in [-0.2, -0.15) is 0 Å². The van der Waals surface area contributed by atoms with Crippen molar-refractivity contribution in [1.82, 2.24) is 10.3 Å². The van der Waals surface area contributed by atoms with E-state index in [0.29, 0.717) is 0 Å². The first-order valence-electron chi connectivity index (χ1n) is 3.69. The van der Waals surface area contributed by atoms with Crippen molar-refractivity contribution < 1.29 is 9.90 Å². The molecule has 0 spiro atoms. The van der Waals surface area contributed by atoms with Gasteiger partial charge < -0.3 is 10.4 Å². The fourth-order valence-corrected chi connectivity index (χ4v) is 1.28. The highest BCUT2D eigenvalue weighted by Crippen LogP contribution is 2.13. The number of hydrogen-bond donors (Lipinski definition) is 2. The molecule has 0 fully saturated rings. The van der Waals surface area contributed by atoms with Crippen LogP contribution < -0.4 is 5.32 Å². The van der Waals surface area contributed by atoms with E-state index in [9.17, 15) is 4.79 Å². The fourth-order valence-electron chi connectivity index (χ4n) is 1.28. The largest absolute Gasteiger partial charge is 0.478 e. The molecule has 1 aliphatic rings. The molecule has 0 saturated carbocycles. The highest BCUT2D eigenvalue weighted by molar-refractivity contribution is 5.87. The van der Waals surface area contributed by atoms with Crippen LogP contribution in [-0.2, 0) is 13.1 Å². The predicted octanol–water partition coefficient (Wildman–Crippen LogP) is 1.23. The Hall–Kier alpha value is -0.840. The molecule has 0 unspecified atom stereocenters. The van der Waals surface area contributed by atoms with Crippen molar-refractivity contribution >= 4 is 30.8 Å². The molecule has 2 N–H and O–H groups in total. The Bertz CT molecular complexity index is 344. The molecular formula is C8H10Cl2N2O2. The van der Waals surface area contributed by atoms with Crippen LogP contribution in [0.4, 0.5) is 0 Å². The number of pyridine rings is 1. The third-order valence-corrected chi connectivity index (χ3v) is 1.91. The number of carboxylic acid groups (broad SMARTS) is 1. The van der Waals surface area contributed by atoms with E-state index < -0.39 is 5.97 Å². The van der Waals surface area contributed by atoms with Gasteiger partial charge in [-0.25, -0.2) is 4.79 Å². The maximum atomic E-state index is 10.5. The monoisotopic (exact) mass is 236 g/mol. The molecule has 0 aliphatic carbocycles. The van der Waals surface area contributed by atoms with Crippen LogP contribution >= 0.6 is 24.8 Å². The number of nitrogens with one attached hydrogen (secondary N) is 1. The predicted molar refractivity (Wildman–Crippen MR) is 56.2 cm³/mol. The molecule has 0 bridgehead atoms. The van der Waals surface area contributed by atoms with E-state index in [-0.39, 0.29) is 30.4 Å². The summed E-state index contributed by atoms with van der Waals surface area (Å²) < 4.78 is 0. The molecule has 1 aliphatic heterocycles. The maximum absolute atomic E-state index is 10.5. The van der Waals surface area contributed by atoms with Crippen molar-refractivity contribution in [3.8, 4) is 0 Å². The number of rotatable bonds is 1. The average molecular weight is 237 g/mol. The molecule has 2 heterocycles. The lowest BCUT2D eigenvalue weighted by Gasteiger charge is -1.97. The highest BCUT2D eigenvalue weighted by atomic mass is 35.5. The molecule has 78 valence electrons. The molecule has 2 rings (SSSR count). The van der Waals surface area contributed by atoms with Crippen LogP contribution in [-0.4, -0.2) is 16.1 Å². The molecule has 6 heteroatoms. The summed E-state index contributed by atoms with van der Waals surface area (Å²) in [5.74, 6) is -0.919. The molecule has 0 radical (unpaired) electrons. The van der Waals surface area contributed by atoms with Crippen LogP contribution in [0.3, 0.4) is 0 Å². The smallest absolute Gasteiger partial charge is 0.337 e. The second-order valence-electron chi connectivity index (χ2n) is 2.74. The maximum Gasteiger partial charge on any atom is 0.337 e. The van der Waals surface area contributed by atoms with Gasteiger partial charge in [0.05, 0.1) is 11.3 Å². The molecule has 0 aromatic carbocycles. The van der Waals surface area contributed by atoms with Crippen LogP contribution in [0.2, 0.25) is 0 Å². The summed E-state index contributed by atoms with van der Waals surface area (Å²) >= 11 is 0. The molecule has 1 aromatic rings. The summed E-state index contributed by atoms with van der Waals surface area (Å²) in [6.07, 6.45) is 1.40. The first-order chi connectivity index (χ1) is 5.77. The molecule has 0 atom stereocenters. The number of fused-ring (bicyclic) bond motifs is 1. The van der Waals surface area contributed by atoms with E-state index in [4.69, 9.17) is 5.11 Å². The zero-order chi connectivity index (χ0) is 8.55. The Labute approximate surface area is 93.6 Å². The van der Waals surface area contributed by atoms with Gasteiger partial charge in [-0.3, -0.25) is 4.98 Å². The number of carboxylic acids is 1. The highest BCUT2D eigenvalue weighted by Gasteiger charge is 2.13. The van der Waals surface area contributed by atoms with Gasteiger partial charge in [-0.05, 0) is 11.6 Å². The topological polar surface area (TPSA) is 62.2 Å². The molecule has 4 nitrogen and oxygen atoms in total. The van der Waals surface area contributed by atoms with Crippen molar-refractivity contribution in [2.45, 2.75) is 13.1 Å². The summed E-state index contributed by atoms with van der Waals surface area (Å²) in [5, 5.41) is 11.8. The Kier molecular flexibility index (Phi) is 4.83. The third-order valence-electron chi connectivity index (χ3n) is 1.91. The van der Waals surface area contributed by atoms with E-state index in [1.165, 1.54) is 6.20 Å². The number of carbonyl (C=O) groups is 1. The minimum absolute atomic E-state index is 0. The molecule has 0 saturated heterocycles. The normalized spacial score (nSPS) is 12.3. The first kappa shape index (κ1) is 13.2. The molecular weight excluding hydrogens is 227 g/mol. The van der Waals surface area contributed by atoms with E-state index >= 15 is 0 Å². The van der Waals surface area contributed by atoms with Crippen LogP contribution in [0.15, 0.2) is 12.3 Å². The second-order valence-corrected chi connectivity index (χ2v) is 2.74. The van der Waals surface area contributed by atoms with Gasteiger partial charge in [0.2, 0.25) is 0 Å². The van der Waals surface area contributed by atoms with Gasteiger partial charge in [0.15, 0.2) is 0 Å². The zero-order valence-corrected chi connectivity index (χ0v) is 8.82. The quantitative estimate of drug-likeness (QED) is 0.771. The van der Waals surface area contributed by atoms with Crippen molar-refractivity contribution in [3.05, 3.63) is 29.1 Å². The Morgan fingerprint density at radius 2 is 2.14 bits per heavy atom. The third kappa shape index (κ3) is 2.35. The Balaban J connectivity index is 0.000000845. The zero-order valence-electron chi connectivity index (χ0n) is 7.19. The number of aromatic nitrogens is 1. The minimum Gasteiger partial charge on any atom is -0.478 e. The average Bonchev–Trinajstić information content (AvgIpc) is 2.49. The van der Waals surface area contributed by atoms with Crippen molar-refractivity contribution in [3.63, 3.8) is 0 Å². The van der Waals surface area contributed by atoms with Crippen LogP contribution in [0.25, 0.3) is 0 Å². The number of hydrogen-bond acceptors (Lipinski definition) is 3. The lowest BCUT2D eigenvalue weighted by atomic mass is 10.2. The van der Waals surface area contributed by atoms with Gasteiger partial charge in [-0.1, -0.05) is 0 Å². The van der Waals surface area contributed by atoms with Gasteiger partial charge in [0, 0.05) is 19.3 Å². The van der Waals surface area contributed by atoms with E-state index in [2.05, 4.69) is 10.3 Å². The fraction of sp³-hybridized carbons (Fsp3) is 0.250. The summed E-state index contributed by atoms with van der Waals surface area (Å²) in [6.45, 7) is 1.47. The molecule has 1 aromatic heterocycles. The Morgan fingerprint density at radius 1 is 1.43 bits per heavy atom. The van der Waals surface area contributed by atoms with Gasteiger partial charge in [0.25, 0.3) is 0 Å². The lowest BCUT2D eigenvalue weighted by Crippen LogP contribution is -2.00. The first-order valence-corrected chi connectivity index (χ1v) is 3.69. The number of nitrogens with zero attached hydrogens (tertiary/aromatic N) is 1. The van der Waals surface area contributed by atoms with E-state index in [0.717, 1.165) is 24.3 Å². The lowest BCUT2D eigenvalue weighted by molar-refractivity contribution is 0.0696. The SMILES string of the molecule is Cl.Cl.O=C(O)c1cnc2c(c1)CNC2. The van der Waals surface area contributed by atoms with Crippen LogP contribution in [0, 0.1) is 0 Å². The Morgan fingerprint density at radius 3 is 2.79 bits per heavy atom. The summed E-state index contributed by atoms with van der Waals surface area (Å²) in [6, 6.07) is 1.67. The van der Waals surface area contributed by atoms with Gasteiger partial charge in [-0.15, -0.1) is 24.8 Å². The van der Waals surface area contributed by atoms with Crippen molar-refractivity contribution in [2.75, 3.05) is 0 Å².